The molecule has 24 heavy (non-hydrogen) atoms. The molecular formula is C18H13BrN2O3. The second kappa shape index (κ2) is 7.14. The van der Waals surface area contributed by atoms with E-state index in [2.05, 4.69) is 26.6 Å². The highest BCUT2D eigenvalue weighted by Crippen LogP contribution is 2.18. The van der Waals surface area contributed by atoms with Crippen LogP contribution in [0.4, 0.5) is 11.4 Å². The number of carbonyl (C=O) groups excluding carboxylic acids is 2. The van der Waals surface area contributed by atoms with Gasteiger partial charge in [-0.1, -0.05) is 18.2 Å². The number of carbonyl (C=O) groups is 2. The van der Waals surface area contributed by atoms with E-state index in [1.165, 1.54) is 0 Å². The summed E-state index contributed by atoms with van der Waals surface area (Å²) >= 11 is 3.15. The van der Waals surface area contributed by atoms with Crippen LogP contribution in [0.15, 0.2) is 75.8 Å². The van der Waals surface area contributed by atoms with Crippen molar-refractivity contribution in [1.29, 1.82) is 0 Å². The van der Waals surface area contributed by atoms with Crippen molar-refractivity contribution in [3.8, 4) is 0 Å². The van der Waals surface area contributed by atoms with Crippen molar-refractivity contribution >= 4 is 39.1 Å². The molecule has 2 amide bonds. The molecule has 0 aliphatic carbocycles. The maximum atomic E-state index is 12.1. The summed E-state index contributed by atoms with van der Waals surface area (Å²) in [6.07, 6.45) is 0. The molecule has 1 heterocycles. The summed E-state index contributed by atoms with van der Waals surface area (Å²) in [6, 6.07) is 19.0. The molecule has 3 rings (SSSR count). The van der Waals surface area contributed by atoms with Crippen molar-refractivity contribution in [2.24, 2.45) is 0 Å². The van der Waals surface area contributed by atoms with Crippen LogP contribution < -0.4 is 10.6 Å². The van der Waals surface area contributed by atoms with Gasteiger partial charge in [-0.15, -0.1) is 0 Å². The number of nitrogens with one attached hydrogen (secondary N) is 2. The summed E-state index contributed by atoms with van der Waals surface area (Å²) in [4.78, 5) is 24.0. The largest absolute Gasteiger partial charge is 0.444 e. The lowest BCUT2D eigenvalue weighted by Crippen LogP contribution is -2.12. The first-order valence-electron chi connectivity index (χ1n) is 7.15. The second-order valence-corrected chi connectivity index (χ2v) is 5.74. The lowest BCUT2D eigenvalue weighted by atomic mass is 10.2. The topological polar surface area (TPSA) is 71.3 Å². The lowest BCUT2D eigenvalue weighted by molar-refractivity contribution is 0.0993. The smallest absolute Gasteiger partial charge is 0.291 e. The predicted octanol–water partition coefficient (Wildman–Crippen LogP) is 4.55. The van der Waals surface area contributed by atoms with Gasteiger partial charge in [0.05, 0.1) is 0 Å². The zero-order valence-electron chi connectivity index (χ0n) is 12.5. The number of amides is 2. The number of benzene rings is 2. The molecule has 2 N–H and O–H groups in total. The molecule has 0 fully saturated rings. The Hall–Kier alpha value is -2.86. The van der Waals surface area contributed by atoms with Crippen molar-refractivity contribution in [3.63, 3.8) is 0 Å². The van der Waals surface area contributed by atoms with E-state index in [-0.39, 0.29) is 17.6 Å². The van der Waals surface area contributed by atoms with Gasteiger partial charge in [0.1, 0.15) is 0 Å². The van der Waals surface area contributed by atoms with Gasteiger partial charge in [-0.05, 0) is 64.5 Å². The fourth-order valence-electron chi connectivity index (χ4n) is 2.06. The normalized spacial score (nSPS) is 10.2. The van der Waals surface area contributed by atoms with Crippen molar-refractivity contribution in [3.05, 3.63) is 82.7 Å². The Kier molecular flexibility index (Phi) is 4.77. The van der Waals surface area contributed by atoms with Crippen LogP contribution in [0.5, 0.6) is 0 Å². The molecule has 5 nitrogen and oxygen atoms in total. The minimum atomic E-state index is -0.346. The molecule has 120 valence electrons. The highest BCUT2D eigenvalue weighted by molar-refractivity contribution is 9.10. The first-order chi connectivity index (χ1) is 11.6. The van der Waals surface area contributed by atoms with Crippen LogP contribution in [-0.4, -0.2) is 11.8 Å². The van der Waals surface area contributed by atoms with E-state index >= 15 is 0 Å². The first-order valence-corrected chi connectivity index (χ1v) is 7.94. The summed E-state index contributed by atoms with van der Waals surface area (Å²) in [5, 5.41) is 5.51. The first kappa shape index (κ1) is 16.0. The third kappa shape index (κ3) is 3.91. The third-order valence-electron chi connectivity index (χ3n) is 3.23. The molecule has 0 bridgehead atoms. The average molecular weight is 385 g/mol. The molecule has 1 aromatic heterocycles. The van der Waals surface area contributed by atoms with Crippen molar-refractivity contribution in [1.82, 2.24) is 0 Å². The standard InChI is InChI=1S/C18H13BrN2O3/c19-16-11-10-15(24-16)18(23)21-14-8-6-13(7-9-14)20-17(22)12-4-2-1-3-5-12/h1-11H,(H,20,22)(H,21,23). The van der Waals surface area contributed by atoms with E-state index in [0.717, 1.165) is 0 Å². The van der Waals surface area contributed by atoms with Gasteiger partial charge in [0.25, 0.3) is 11.8 Å². The Bertz CT molecular complexity index is 857. The Morgan fingerprint density at radius 2 is 1.33 bits per heavy atom. The molecule has 0 aliphatic rings. The van der Waals surface area contributed by atoms with Gasteiger partial charge in [0.2, 0.25) is 0 Å². The van der Waals surface area contributed by atoms with Gasteiger partial charge in [0.15, 0.2) is 10.4 Å². The predicted molar refractivity (Wildman–Crippen MR) is 95.2 cm³/mol. The Balaban J connectivity index is 1.63. The van der Waals surface area contributed by atoms with Crippen LogP contribution in [0.25, 0.3) is 0 Å². The van der Waals surface area contributed by atoms with Crippen LogP contribution in [0, 0.1) is 0 Å². The van der Waals surface area contributed by atoms with Crippen molar-refractivity contribution in [2.45, 2.75) is 0 Å². The molecule has 0 radical (unpaired) electrons. The van der Waals surface area contributed by atoms with Crippen molar-refractivity contribution < 1.29 is 14.0 Å². The third-order valence-corrected chi connectivity index (χ3v) is 3.66. The maximum absolute atomic E-state index is 12.1. The van der Waals surface area contributed by atoms with Gasteiger partial charge in [-0.3, -0.25) is 9.59 Å². The highest BCUT2D eigenvalue weighted by Gasteiger charge is 2.11. The van der Waals surface area contributed by atoms with E-state index in [1.807, 2.05) is 6.07 Å². The maximum Gasteiger partial charge on any atom is 0.291 e. The number of furan rings is 1. The number of anilines is 2. The molecule has 0 spiro atoms. The van der Waals surface area contributed by atoms with E-state index in [0.29, 0.717) is 21.6 Å². The van der Waals surface area contributed by atoms with Gasteiger partial charge in [0, 0.05) is 16.9 Å². The molecule has 0 atom stereocenters. The SMILES string of the molecule is O=C(Nc1ccc(NC(=O)c2ccc(Br)o2)cc1)c1ccccc1. The van der Waals surface area contributed by atoms with Gasteiger partial charge in [-0.2, -0.15) is 0 Å². The fourth-order valence-corrected chi connectivity index (χ4v) is 2.37. The highest BCUT2D eigenvalue weighted by atomic mass is 79.9. The number of hydrogen-bond acceptors (Lipinski definition) is 3. The van der Waals surface area contributed by atoms with E-state index < -0.39 is 0 Å². The minimum Gasteiger partial charge on any atom is -0.444 e. The van der Waals surface area contributed by atoms with Crippen LogP contribution in [0.2, 0.25) is 0 Å². The monoisotopic (exact) mass is 384 g/mol. The van der Waals surface area contributed by atoms with Crippen LogP contribution in [-0.2, 0) is 0 Å². The molecule has 2 aromatic carbocycles. The van der Waals surface area contributed by atoms with Crippen LogP contribution in [0.1, 0.15) is 20.9 Å². The Labute approximate surface area is 146 Å². The van der Waals surface area contributed by atoms with Crippen LogP contribution in [0.3, 0.4) is 0 Å². The molecule has 0 unspecified atom stereocenters. The molecule has 0 aliphatic heterocycles. The number of rotatable bonds is 4. The molecule has 0 saturated carbocycles. The minimum absolute atomic E-state index is 0.187. The average Bonchev–Trinajstić information content (AvgIpc) is 3.04. The summed E-state index contributed by atoms with van der Waals surface area (Å²) in [6.45, 7) is 0. The summed E-state index contributed by atoms with van der Waals surface area (Å²) < 4.78 is 5.68. The zero-order valence-corrected chi connectivity index (χ0v) is 14.0. The molecule has 0 saturated heterocycles. The summed E-state index contributed by atoms with van der Waals surface area (Å²) in [5.74, 6) is -0.321. The van der Waals surface area contributed by atoms with Crippen molar-refractivity contribution in [2.75, 3.05) is 10.6 Å². The quantitative estimate of drug-likeness (QED) is 0.692. The zero-order chi connectivity index (χ0) is 16.9. The molecule has 6 heteroatoms. The van der Waals surface area contributed by atoms with E-state index in [4.69, 9.17) is 4.42 Å². The Morgan fingerprint density at radius 1 is 0.750 bits per heavy atom. The van der Waals surface area contributed by atoms with Gasteiger partial charge >= 0.3 is 0 Å². The van der Waals surface area contributed by atoms with Gasteiger partial charge in [-0.25, -0.2) is 0 Å². The summed E-state index contributed by atoms with van der Waals surface area (Å²) in [5.41, 5.74) is 1.83. The van der Waals surface area contributed by atoms with Gasteiger partial charge < -0.3 is 15.1 Å². The Morgan fingerprint density at radius 3 is 1.88 bits per heavy atom. The number of halogens is 1. The fraction of sp³-hybridized carbons (Fsp3) is 0. The second-order valence-electron chi connectivity index (χ2n) is 4.96. The molecular weight excluding hydrogens is 372 g/mol. The van der Waals surface area contributed by atoms with E-state index in [1.54, 1.807) is 60.7 Å². The summed E-state index contributed by atoms with van der Waals surface area (Å²) in [7, 11) is 0. The van der Waals surface area contributed by atoms with E-state index in [9.17, 15) is 9.59 Å². The van der Waals surface area contributed by atoms with Crippen LogP contribution >= 0.6 is 15.9 Å². The lowest BCUT2D eigenvalue weighted by Gasteiger charge is -2.07. The molecule has 3 aromatic rings. The number of hydrogen-bond donors (Lipinski definition) is 2.